The molecule has 2 rings (SSSR count). The molecule has 1 heterocycles. The molecule has 1 aromatic carbocycles. The molecular formula is C11H16N2O2. The minimum atomic E-state index is -0.123. The number of nitrogens with one attached hydrogen (secondary N) is 1. The van der Waals surface area contributed by atoms with Gasteiger partial charge in [-0.25, -0.2) is 0 Å². The highest BCUT2D eigenvalue weighted by molar-refractivity contribution is 5.95. The number of carbonyl (C=O) groups is 1. The third-order valence-corrected chi connectivity index (χ3v) is 1.91. The van der Waals surface area contributed by atoms with Crippen LogP contribution in [0.5, 0.6) is 5.75 Å². The van der Waals surface area contributed by atoms with E-state index in [1.54, 1.807) is 0 Å². The first-order valence-corrected chi connectivity index (χ1v) is 5.05. The summed E-state index contributed by atoms with van der Waals surface area (Å²) >= 11 is 0. The van der Waals surface area contributed by atoms with E-state index in [-0.39, 0.29) is 12.5 Å². The zero-order chi connectivity index (χ0) is 11.3. The Labute approximate surface area is 89.4 Å². The Hall–Kier alpha value is -1.55. The van der Waals surface area contributed by atoms with Crippen molar-refractivity contribution in [1.82, 2.24) is 0 Å². The summed E-state index contributed by atoms with van der Waals surface area (Å²) in [5.41, 5.74) is 7.15. The monoisotopic (exact) mass is 208 g/mol. The second-order valence-electron chi connectivity index (χ2n) is 2.87. The van der Waals surface area contributed by atoms with Gasteiger partial charge >= 0.3 is 0 Å². The second-order valence-corrected chi connectivity index (χ2v) is 2.87. The van der Waals surface area contributed by atoms with Crippen molar-refractivity contribution < 1.29 is 9.53 Å². The minimum Gasteiger partial charge on any atom is -0.482 e. The number of benzene rings is 1. The largest absolute Gasteiger partial charge is 0.482 e. The molecule has 3 N–H and O–H groups in total. The second kappa shape index (κ2) is 5.36. The number of carbonyl (C=O) groups excluding carboxylic acids is 1. The summed E-state index contributed by atoms with van der Waals surface area (Å²) in [6.07, 6.45) is 0. The van der Waals surface area contributed by atoms with Crippen molar-refractivity contribution in [2.24, 2.45) is 5.73 Å². The maximum atomic E-state index is 11.0. The first-order valence-electron chi connectivity index (χ1n) is 5.05. The van der Waals surface area contributed by atoms with Crippen LogP contribution >= 0.6 is 0 Å². The van der Waals surface area contributed by atoms with Gasteiger partial charge in [0, 0.05) is 6.54 Å². The smallest absolute Gasteiger partial charge is 0.262 e. The summed E-state index contributed by atoms with van der Waals surface area (Å²) in [6, 6.07) is 5.53. The summed E-state index contributed by atoms with van der Waals surface area (Å²) in [7, 11) is 0. The highest BCUT2D eigenvalue weighted by Gasteiger charge is 2.15. The van der Waals surface area contributed by atoms with Crippen molar-refractivity contribution in [2.75, 3.05) is 11.9 Å². The Balaban J connectivity index is 0.000000531. The lowest BCUT2D eigenvalue weighted by atomic mass is 10.1. The van der Waals surface area contributed by atoms with Gasteiger partial charge in [0.25, 0.3) is 5.91 Å². The van der Waals surface area contributed by atoms with Gasteiger partial charge in [0.1, 0.15) is 5.75 Å². The average Bonchev–Trinajstić information content (AvgIpc) is 2.30. The fourth-order valence-corrected chi connectivity index (χ4v) is 1.26. The number of hydrogen-bond donors (Lipinski definition) is 2. The number of hydrogen-bond acceptors (Lipinski definition) is 3. The Morgan fingerprint density at radius 3 is 2.87 bits per heavy atom. The Morgan fingerprint density at radius 1 is 1.47 bits per heavy atom. The quantitative estimate of drug-likeness (QED) is 0.735. The molecule has 82 valence electrons. The molecule has 4 heteroatoms. The van der Waals surface area contributed by atoms with Gasteiger partial charge in [0.05, 0.1) is 5.69 Å². The summed E-state index contributed by atoms with van der Waals surface area (Å²) < 4.78 is 5.18. The van der Waals surface area contributed by atoms with Gasteiger partial charge < -0.3 is 15.8 Å². The van der Waals surface area contributed by atoms with Crippen LogP contribution in [0.3, 0.4) is 0 Å². The van der Waals surface area contributed by atoms with Crippen LogP contribution in [0.4, 0.5) is 5.69 Å². The molecule has 0 bridgehead atoms. The lowest BCUT2D eigenvalue weighted by Gasteiger charge is -2.18. The summed E-state index contributed by atoms with van der Waals surface area (Å²) in [4.78, 5) is 11.0. The van der Waals surface area contributed by atoms with Crippen LogP contribution < -0.4 is 15.8 Å². The molecular weight excluding hydrogens is 192 g/mol. The molecule has 1 amide bonds. The standard InChI is InChI=1S/C9H10N2O2.C2H6/c10-4-6-1-2-8-7(3-6)11-9(12)5-13-8;1-2/h1-3H,4-5,10H2,(H,11,12);1-2H3. The van der Waals surface area contributed by atoms with E-state index in [0.717, 1.165) is 5.56 Å². The van der Waals surface area contributed by atoms with Gasteiger partial charge in [-0.2, -0.15) is 0 Å². The molecule has 0 saturated heterocycles. The van der Waals surface area contributed by atoms with Gasteiger partial charge in [0.2, 0.25) is 0 Å². The van der Waals surface area contributed by atoms with Crippen molar-refractivity contribution in [2.45, 2.75) is 20.4 Å². The first-order chi connectivity index (χ1) is 7.29. The summed E-state index contributed by atoms with van der Waals surface area (Å²) in [5.74, 6) is 0.582. The van der Waals surface area contributed by atoms with Gasteiger partial charge in [-0.15, -0.1) is 0 Å². The maximum absolute atomic E-state index is 11.0. The van der Waals surface area contributed by atoms with E-state index < -0.39 is 0 Å². The lowest BCUT2D eigenvalue weighted by molar-refractivity contribution is -0.118. The molecule has 1 aromatic rings. The van der Waals surface area contributed by atoms with E-state index in [1.807, 2.05) is 32.0 Å². The van der Waals surface area contributed by atoms with Gasteiger partial charge in [-0.05, 0) is 17.7 Å². The lowest BCUT2D eigenvalue weighted by Crippen LogP contribution is -2.25. The molecule has 1 aliphatic rings. The van der Waals surface area contributed by atoms with Crippen LogP contribution in [0.25, 0.3) is 0 Å². The van der Waals surface area contributed by atoms with Crippen molar-refractivity contribution in [3.8, 4) is 5.75 Å². The van der Waals surface area contributed by atoms with E-state index in [0.29, 0.717) is 18.0 Å². The molecule has 0 atom stereocenters. The average molecular weight is 208 g/mol. The molecule has 4 nitrogen and oxygen atoms in total. The van der Waals surface area contributed by atoms with Crippen molar-refractivity contribution in [1.29, 1.82) is 0 Å². The van der Waals surface area contributed by atoms with Gasteiger partial charge in [-0.3, -0.25) is 4.79 Å². The predicted molar refractivity (Wildman–Crippen MR) is 59.8 cm³/mol. The zero-order valence-electron chi connectivity index (χ0n) is 9.04. The van der Waals surface area contributed by atoms with Crippen LogP contribution in [0.15, 0.2) is 18.2 Å². The third-order valence-electron chi connectivity index (χ3n) is 1.91. The SMILES string of the molecule is CC.NCc1ccc2c(c1)NC(=O)CO2. The van der Waals surface area contributed by atoms with E-state index in [4.69, 9.17) is 10.5 Å². The summed E-state index contributed by atoms with van der Waals surface area (Å²) in [6.45, 7) is 4.55. The molecule has 0 fully saturated rings. The summed E-state index contributed by atoms with van der Waals surface area (Å²) in [5, 5.41) is 2.72. The van der Waals surface area contributed by atoms with Crippen LogP contribution in [-0.4, -0.2) is 12.5 Å². The topological polar surface area (TPSA) is 64.3 Å². The van der Waals surface area contributed by atoms with E-state index in [9.17, 15) is 4.79 Å². The number of ether oxygens (including phenoxy) is 1. The number of fused-ring (bicyclic) bond motifs is 1. The van der Waals surface area contributed by atoms with E-state index in [2.05, 4.69) is 5.32 Å². The van der Waals surface area contributed by atoms with Crippen molar-refractivity contribution >= 4 is 11.6 Å². The van der Waals surface area contributed by atoms with Crippen molar-refractivity contribution in [3.63, 3.8) is 0 Å². The fraction of sp³-hybridized carbons (Fsp3) is 0.364. The molecule has 0 saturated carbocycles. The van der Waals surface area contributed by atoms with Crippen molar-refractivity contribution in [3.05, 3.63) is 23.8 Å². The highest BCUT2D eigenvalue weighted by atomic mass is 16.5. The number of anilines is 1. The molecule has 0 unspecified atom stereocenters. The molecule has 15 heavy (non-hydrogen) atoms. The molecule has 0 spiro atoms. The van der Waals surface area contributed by atoms with E-state index >= 15 is 0 Å². The van der Waals surface area contributed by atoms with Gasteiger partial charge in [-0.1, -0.05) is 19.9 Å². The third kappa shape index (κ3) is 2.70. The van der Waals surface area contributed by atoms with Crippen LogP contribution in [0.2, 0.25) is 0 Å². The van der Waals surface area contributed by atoms with Crippen LogP contribution in [0, 0.1) is 0 Å². The number of rotatable bonds is 1. The van der Waals surface area contributed by atoms with E-state index in [1.165, 1.54) is 0 Å². The van der Waals surface area contributed by atoms with Gasteiger partial charge in [0.15, 0.2) is 6.61 Å². The van der Waals surface area contributed by atoms with Crippen LogP contribution in [-0.2, 0) is 11.3 Å². The Bertz CT molecular complexity index is 350. The molecule has 0 radical (unpaired) electrons. The minimum absolute atomic E-state index is 0.0922. The normalized spacial score (nSPS) is 12.9. The number of nitrogens with two attached hydrogens (primary N) is 1. The Kier molecular flexibility index (Phi) is 4.12. The highest BCUT2D eigenvalue weighted by Crippen LogP contribution is 2.28. The maximum Gasteiger partial charge on any atom is 0.262 e. The molecule has 1 aliphatic heterocycles. The van der Waals surface area contributed by atoms with Crippen LogP contribution in [0.1, 0.15) is 19.4 Å². The predicted octanol–water partition coefficient (Wildman–Crippen LogP) is 1.50. The molecule has 0 aliphatic carbocycles. The Morgan fingerprint density at radius 2 is 2.20 bits per heavy atom. The number of amides is 1. The molecule has 0 aromatic heterocycles. The zero-order valence-corrected chi connectivity index (χ0v) is 9.04. The first kappa shape index (κ1) is 11.5. The fourth-order valence-electron chi connectivity index (χ4n) is 1.26.